The molecule has 4 aromatic heterocycles. The number of fused-ring (bicyclic) bond motifs is 8. The lowest BCUT2D eigenvalue weighted by molar-refractivity contribution is -0.132. The minimum atomic E-state index is -0.366. The van der Waals surface area contributed by atoms with Gasteiger partial charge in [0.05, 0.1) is 0 Å². The lowest BCUT2D eigenvalue weighted by Crippen LogP contribution is -2.20. The lowest BCUT2D eigenvalue weighted by Gasteiger charge is -2.15. The number of aromatic amines is 4. The zero-order valence-electron chi connectivity index (χ0n) is 36.2. The third-order valence-electron chi connectivity index (χ3n) is 11.6. The van der Waals surface area contributed by atoms with Gasteiger partial charge in [-0.05, 0) is 159 Å². The Morgan fingerprint density at radius 2 is 0.661 bits per heavy atom. The minimum absolute atomic E-state index is 0.366. The van der Waals surface area contributed by atoms with Crippen LogP contribution in [0, 0.1) is 41.5 Å². The SMILES string of the molecule is CC(=O)Oc1ccc(C2=c3ccc([nH]3)=C(c3c(C)cc(C)cc3C)c3ccc([nH]3)C(c3ccc(OC(C)=O)cc3)=c3ccc([nH]3)=C(c3c(C)cc(C)cc3C)c3ccc2[nH]3)cc1. The van der Waals surface area contributed by atoms with E-state index in [2.05, 4.69) is 134 Å². The van der Waals surface area contributed by atoms with Crippen molar-refractivity contribution in [1.82, 2.24) is 19.9 Å². The van der Waals surface area contributed by atoms with Crippen molar-refractivity contribution in [2.45, 2.75) is 55.4 Å². The van der Waals surface area contributed by atoms with E-state index in [0.29, 0.717) is 11.5 Å². The van der Waals surface area contributed by atoms with Crippen LogP contribution < -0.4 is 30.9 Å². The van der Waals surface area contributed by atoms with Crippen molar-refractivity contribution >= 4 is 34.2 Å². The van der Waals surface area contributed by atoms with E-state index < -0.39 is 0 Å². The summed E-state index contributed by atoms with van der Waals surface area (Å²) in [6.45, 7) is 15.8. The average Bonchev–Trinajstić information content (AvgIpc) is 4.05. The first-order valence-electron chi connectivity index (χ1n) is 20.8. The number of rotatable bonds is 6. The summed E-state index contributed by atoms with van der Waals surface area (Å²) in [6, 6.07) is 41.5. The van der Waals surface area contributed by atoms with E-state index in [1.165, 1.54) is 47.2 Å². The lowest BCUT2D eigenvalue weighted by atomic mass is 9.92. The molecule has 8 aromatic rings. The van der Waals surface area contributed by atoms with Crippen LogP contribution in [-0.4, -0.2) is 31.9 Å². The molecule has 1 aliphatic heterocycles. The van der Waals surface area contributed by atoms with Crippen LogP contribution in [0.4, 0.5) is 0 Å². The molecule has 0 radical (unpaired) electrons. The number of aromatic nitrogens is 4. The summed E-state index contributed by atoms with van der Waals surface area (Å²) in [5, 5.41) is 3.73. The predicted molar refractivity (Wildman–Crippen MR) is 245 cm³/mol. The molecule has 0 unspecified atom stereocenters. The van der Waals surface area contributed by atoms with E-state index >= 15 is 0 Å². The van der Waals surface area contributed by atoms with Gasteiger partial charge in [0.15, 0.2) is 0 Å². The average molecular weight is 817 g/mol. The zero-order chi connectivity index (χ0) is 43.4. The van der Waals surface area contributed by atoms with Gasteiger partial charge in [0, 0.05) is 80.3 Å². The Balaban J connectivity index is 1.42. The highest BCUT2D eigenvalue weighted by Crippen LogP contribution is 2.33. The number of nitrogens with one attached hydrogen (secondary N) is 4. The van der Waals surface area contributed by atoms with Gasteiger partial charge < -0.3 is 29.4 Å². The second-order valence-electron chi connectivity index (χ2n) is 16.4. The number of carbonyl (C=O) groups is 2. The van der Waals surface area contributed by atoms with Crippen LogP contribution in [0.5, 0.6) is 11.5 Å². The van der Waals surface area contributed by atoms with Crippen LogP contribution in [-0.2, 0) is 9.59 Å². The van der Waals surface area contributed by atoms with Gasteiger partial charge in [-0.3, -0.25) is 9.59 Å². The van der Waals surface area contributed by atoms with Gasteiger partial charge in [-0.15, -0.1) is 0 Å². The van der Waals surface area contributed by atoms with Crippen molar-refractivity contribution < 1.29 is 19.1 Å². The highest BCUT2D eigenvalue weighted by Gasteiger charge is 2.21. The molecular formula is C54H48N4O4. The van der Waals surface area contributed by atoms with Crippen LogP contribution in [0.1, 0.15) is 92.3 Å². The molecule has 0 aliphatic carbocycles. The standard InChI is InChI=1S/C54H48N4O4/c1-29-25-31(3)49(32(4)26-29)53-45-21-17-41(55-45)51(37-9-13-39(14-10-37)61-35(7)59)43-19-23-47(57-43)54(50-33(5)27-30(2)28-34(50)6)48-24-20-44(58-48)52(42-18-22-46(53)56-42)38-11-15-40(16-12-38)62-36(8)60/h9-28,55-58H,1-8H3. The van der Waals surface area contributed by atoms with Crippen LogP contribution in [0.2, 0.25) is 0 Å². The molecule has 62 heavy (non-hydrogen) atoms. The van der Waals surface area contributed by atoms with Crippen LogP contribution in [0.3, 0.4) is 0 Å². The summed E-state index contributed by atoms with van der Waals surface area (Å²) in [7, 11) is 0. The molecule has 5 heterocycles. The number of benzene rings is 4. The number of hydrogen-bond donors (Lipinski definition) is 4. The fourth-order valence-corrected chi connectivity index (χ4v) is 9.35. The van der Waals surface area contributed by atoms with E-state index in [0.717, 1.165) is 88.7 Å². The Bertz CT molecular complexity index is 3080. The molecule has 308 valence electrons. The molecule has 8 heteroatoms. The van der Waals surface area contributed by atoms with Crippen molar-refractivity contribution in [3.8, 4) is 11.5 Å². The van der Waals surface area contributed by atoms with Crippen molar-refractivity contribution in [3.05, 3.63) is 221 Å². The first kappa shape index (κ1) is 39.9. The first-order valence-corrected chi connectivity index (χ1v) is 20.8. The fraction of sp³-hybridized carbons (Fsp3) is 0.148. The molecular weight excluding hydrogens is 769 g/mol. The number of carbonyl (C=O) groups excluding carboxylic acids is 2. The second kappa shape index (κ2) is 15.8. The van der Waals surface area contributed by atoms with Gasteiger partial charge in [0.25, 0.3) is 0 Å². The molecule has 8 nitrogen and oxygen atoms in total. The van der Waals surface area contributed by atoms with Gasteiger partial charge in [0.1, 0.15) is 11.5 Å². The van der Waals surface area contributed by atoms with Gasteiger partial charge >= 0.3 is 11.9 Å². The fourth-order valence-electron chi connectivity index (χ4n) is 9.35. The van der Waals surface area contributed by atoms with E-state index in [1.807, 2.05) is 48.5 Å². The van der Waals surface area contributed by atoms with Gasteiger partial charge in [-0.25, -0.2) is 0 Å². The quantitative estimate of drug-likeness (QED) is 0.101. The van der Waals surface area contributed by atoms with Crippen molar-refractivity contribution in [2.75, 3.05) is 0 Å². The zero-order valence-corrected chi connectivity index (χ0v) is 36.2. The monoisotopic (exact) mass is 816 g/mol. The van der Waals surface area contributed by atoms with Crippen LogP contribution >= 0.6 is 0 Å². The minimum Gasteiger partial charge on any atom is -0.427 e. The summed E-state index contributed by atoms with van der Waals surface area (Å²) in [6.07, 6.45) is 0. The summed E-state index contributed by atoms with van der Waals surface area (Å²) < 4.78 is 10.9. The molecule has 0 fully saturated rings. The van der Waals surface area contributed by atoms with Crippen molar-refractivity contribution in [3.63, 3.8) is 0 Å². The Kier molecular flexibility index (Phi) is 10.2. The number of hydrogen-bond acceptors (Lipinski definition) is 4. The smallest absolute Gasteiger partial charge is 0.308 e. The van der Waals surface area contributed by atoms with Gasteiger partial charge in [0.2, 0.25) is 0 Å². The summed E-state index contributed by atoms with van der Waals surface area (Å²) in [5.74, 6) is 0.236. The highest BCUT2D eigenvalue weighted by atomic mass is 16.5. The normalized spacial score (nSPS) is 12.5. The Morgan fingerprint density at radius 3 is 0.968 bits per heavy atom. The van der Waals surface area contributed by atoms with Crippen LogP contribution in [0.15, 0.2) is 121 Å². The summed E-state index contributed by atoms with van der Waals surface area (Å²) >= 11 is 0. The van der Waals surface area contributed by atoms with E-state index in [9.17, 15) is 9.59 Å². The number of esters is 2. The molecule has 1 aliphatic rings. The third kappa shape index (κ3) is 7.45. The first-order chi connectivity index (χ1) is 29.8. The maximum Gasteiger partial charge on any atom is 0.308 e. The summed E-state index contributed by atoms with van der Waals surface area (Å²) in [5.41, 5.74) is 19.0. The molecule has 9 rings (SSSR count). The van der Waals surface area contributed by atoms with Crippen molar-refractivity contribution in [2.24, 2.45) is 0 Å². The largest absolute Gasteiger partial charge is 0.427 e. The predicted octanol–water partition coefficient (Wildman–Crippen LogP) is 8.00. The van der Waals surface area contributed by atoms with E-state index in [4.69, 9.17) is 9.47 Å². The Labute approximate surface area is 360 Å². The van der Waals surface area contributed by atoms with Gasteiger partial charge in [-0.1, -0.05) is 59.7 Å². The molecule has 4 N–H and O–H groups in total. The van der Waals surface area contributed by atoms with Gasteiger partial charge in [-0.2, -0.15) is 0 Å². The van der Waals surface area contributed by atoms with Crippen LogP contribution in [0.25, 0.3) is 22.3 Å². The number of H-pyrrole nitrogens is 4. The second-order valence-corrected chi connectivity index (χ2v) is 16.4. The number of ether oxygens (including phenoxy) is 2. The van der Waals surface area contributed by atoms with E-state index in [1.54, 1.807) is 0 Å². The molecule has 4 aromatic carbocycles. The Hall–Kier alpha value is -7.58. The maximum atomic E-state index is 11.9. The molecule has 0 saturated carbocycles. The van der Waals surface area contributed by atoms with Crippen molar-refractivity contribution in [1.29, 1.82) is 0 Å². The number of aryl methyl sites for hydroxylation is 6. The van der Waals surface area contributed by atoms with E-state index in [-0.39, 0.29) is 11.9 Å². The molecule has 0 atom stereocenters. The molecule has 0 spiro atoms. The highest BCUT2D eigenvalue weighted by molar-refractivity contribution is 5.87. The Morgan fingerprint density at radius 1 is 0.371 bits per heavy atom. The third-order valence-corrected chi connectivity index (χ3v) is 11.6. The molecule has 0 amide bonds. The molecule has 0 saturated heterocycles. The maximum absolute atomic E-state index is 11.9. The summed E-state index contributed by atoms with van der Waals surface area (Å²) in [4.78, 5) is 39.2. The molecule has 8 bridgehead atoms. The topological polar surface area (TPSA) is 116 Å².